The molecule has 0 atom stereocenters. The van der Waals surface area contributed by atoms with E-state index in [-0.39, 0.29) is 12.4 Å². The second-order valence-corrected chi connectivity index (χ2v) is 5.06. The highest BCUT2D eigenvalue weighted by Gasteiger charge is 2.08. The van der Waals surface area contributed by atoms with Gasteiger partial charge in [-0.15, -0.1) is 12.4 Å². The van der Waals surface area contributed by atoms with Gasteiger partial charge in [0.15, 0.2) is 0 Å². The molecule has 0 spiro atoms. The summed E-state index contributed by atoms with van der Waals surface area (Å²) < 4.78 is 5.90. The van der Waals surface area contributed by atoms with Crippen molar-refractivity contribution in [2.45, 2.75) is 20.3 Å². The van der Waals surface area contributed by atoms with Crippen molar-refractivity contribution in [3.8, 4) is 5.75 Å². The maximum atomic E-state index is 5.90. The maximum Gasteiger partial charge on any atom is 0.122 e. The molecule has 108 valence electrons. The SMILES string of the molecule is Cc1ccc(C)c(OCCN2CCCNCC2)c1.Cl. The number of ether oxygens (including phenoxy) is 1. The number of hydrogen-bond donors (Lipinski definition) is 1. The molecule has 0 bridgehead atoms. The normalized spacial score (nSPS) is 16.5. The van der Waals surface area contributed by atoms with E-state index in [2.05, 4.69) is 42.3 Å². The highest BCUT2D eigenvalue weighted by molar-refractivity contribution is 5.85. The molecule has 1 fully saturated rings. The third-order valence-corrected chi connectivity index (χ3v) is 3.44. The van der Waals surface area contributed by atoms with Crippen molar-refractivity contribution in [2.24, 2.45) is 0 Å². The van der Waals surface area contributed by atoms with Gasteiger partial charge >= 0.3 is 0 Å². The zero-order chi connectivity index (χ0) is 12.8. The molecule has 19 heavy (non-hydrogen) atoms. The van der Waals surface area contributed by atoms with Crippen molar-refractivity contribution >= 4 is 12.4 Å². The summed E-state index contributed by atoms with van der Waals surface area (Å²) in [5, 5.41) is 3.42. The summed E-state index contributed by atoms with van der Waals surface area (Å²) in [5.41, 5.74) is 2.48. The number of nitrogens with one attached hydrogen (secondary N) is 1. The molecule has 1 aliphatic rings. The van der Waals surface area contributed by atoms with Gasteiger partial charge in [0.05, 0.1) is 0 Å². The number of aryl methyl sites for hydroxylation is 2. The van der Waals surface area contributed by atoms with E-state index in [0.717, 1.165) is 38.5 Å². The first kappa shape index (κ1) is 16.3. The fourth-order valence-corrected chi connectivity index (χ4v) is 2.27. The smallest absolute Gasteiger partial charge is 0.122 e. The minimum Gasteiger partial charge on any atom is -0.492 e. The fourth-order valence-electron chi connectivity index (χ4n) is 2.27. The van der Waals surface area contributed by atoms with Crippen LogP contribution >= 0.6 is 12.4 Å². The molecular weight excluding hydrogens is 260 g/mol. The summed E-state index contributed by atoms with van der Waals surface area (Å²) in [6.45, 7) is 10.6. The predicted octanol–water partition coefficient (Wildman–Crippen LogP) is 2.40. The molecule has 1 heterocycles. The van der Waals surface area contributed by atoms with E-state index < -0.39 is 0 Å². The van der Waals surface area contributed by atoms with E-state index in [1.54, 1.807) is 0 Å². The molecule has 0 saturated carbocycles. The first-order valence-corrected chi connectivity index (χ1v) is 6.89. The number of halogens is 1. The Bertz CT molecular complexity index is 376. The van der Waals surface area contributed by atoms with E-state index in [9.17, 15) is 0 Å². The number of benzene rings is 1. The molecule has 0 amide bonds. The van der Waals surface area contributed by atoms with Gasteiger partial charge in [0.1, 0.15) is 12.4 Å². The van der Waals surface area contributed by atoms with Gasteiger partial charge < -0.3 is 10.1 Å². The van der Waals surface area contributed by atoms with Crippen LogP contribution in [0.5, 0.6) is 5.75 Å². The Morgan fingerprint density at radius 1 is 1.21 bits per heavy atom. The molecule has 0 aromatic heterocycles. The lowest BCUT2D eigenvalue weighted by Gasteiger charge is -2.19. The molecule has 0 aliphatic carbocycles. The molecule has 4 heteroatoms. The quantitative estimate of drug-likeness (QED) is 0.919. The topological polar surface area (TPSA) is 24.5 Å². The van der Waals surface area contributed by atoms with Crippen LogP contribution in [0.15, 0.2) is 18.2 Å². The largest absolute Gasteiger partial charge is 0.492 e. The van der Waals surface area contributed by atoms with Gasteiger partial charge in [-0.1, -0.05) is 12.1 Å². The molecule has 1 saturated heterocycles. The highest BCUT2D eigenvalue weighted by atomic mass is 35.5. The predicted molar refractivity (Wildman–Crippen MR) is 82.6 cm³/mol. The van der Waals surface area contributed by atoms with Crippen LogP contribution in [0.4, 0.5) is 0 Å². The monoisotopic (exact) mass is 284 g/mol. The Labute approximate surface area is 122 Å². The highest BCUT2D eigenvalue weighted by Crippen LogP contribution is 2.18. The van der Waals surface area contributed by atoms with Gasteiger partial charge in [-0.3, -0.25) is 4.90 Å². The Hall–Kier alpha value is -0.770. The summed E-state index contributed by atoms with van der Waals surface area (Å²) in [6.07, 6.45) is 1.24. The van der Waals surface area contributed by atoms with Crippen LogP contribution in [0, 0.1) is 13.8 Å². The van der Waals surface area contributed by atoms with Crippen molar-refractivity contribution in [1.82, 2.24) is 10.2 Å². The van der Waals surface area contributed by atoms with Crippen LogP contribution in [-0.4, -0.2) is 44.2 Å². The third-order valence-electron chi connectivity index (χ3n) is 3.44. The van der Waals surface area contributed by atoms with Crippen LogP contribution in [0.25, 0.3) is 0 Å². The van der Waals surface area contributed by atoms with Crippen LogP contribution in [0.2, 0.25) is 0 Å². The second kappa shape index (κ2) is 8.41. The van der Waals surface area contributed by atoms with Gasteiger partial charge in [-0.05, 0) is 50.6 Å². The Morgan fingerprint density at radius 3 is 2.89 bits per heavy atom. The van der Waals surface area contributed by atoms with Gasteiger partial charge in [0.2, 0.25) is 0 Å². The van der Waals surface area contributed by atoms with E-state index in [1.165, 1.54) is 24.1 Å². The van der Waals surface area contributed by atoms with Crippen LogP contribution in [0.3, 0.4) is 0 Å². The lowest BCUT2D eigenvalue weighted by Crippen LogP contribution is -2.31. The first-order valence-electron chi connectivity index (χ1n) is 6.89. The molecule has 0 radical (unpaired) electrons. The maximum absolute atomic E-state index is 5.90. The van der Waals surface area contributed by atoms with Crippen LogP contribution in [-0.2, 0) is 0 Å². The van der Waals surface area contributed by atoms with Crippen molar-refractivity contribution < 1.29 is 4.74 Å². The minimum atomic E-state index is 0. The van der Waals surface area contributed by atoms with E-state index in [4.69, 9.17) is 4.74 Å². The number of nitrogens with zero attached hydrogens (tertiary/aromatic N) is 1. The summed E-state index contributed by atoms with van der Waals surface area (Å²) in [6, 6.07) is 6.38. The molecule has 0 unspecified atom stereocenters. The second-order valence-electron chi connectivity index (χ2n) is 5.06. The van der Waals surface area contributed by atoms with Crippen molar-refractivity contribution in [3.05, 3.63) is 29.3 Å². The molecular formula is C15H25ClN2O. The van der Waals surface area contributed by atoms with Gasteiger partial charge in [-0.25, -0.2) is 0 Å². The minimum absolute atomic E-state index is 0. The molecule has 1 aliphatic heterocycles. The zero-order valence-corrected chi connectivity index (χ0v) is 12.8. The van der Waals surface area contributed by atoms with Crippen LogP contribution < -0.4 is 10.1 Å². The molecule has 1 aromatic carbocycles. The van der Waals surface area contributed by atoms with E-state index in [1.807, 2.05) is 0 Å². The van der Waals surface area contributed by atoms with Crippen molar-refractivity contribution in [3.63, 3.8) is 0 Å². The van der Waals surface area contributed by atoms with E-state index in [0.29, 0.717) is 0 Å². The number of rotatable bonds is 4. The summed E-state index contributed by atoms with van der Waals surface area (Å²) in [5.74, 6) is 1.03. The zero-order valence-electron chi connectivity index (χ0n) is 11.9. The van der Waals surface area contributed by atoms with Gasteiger partial charge in [0, 0.05) is 19.6 Å². The third kappa shape index (κ3) is 5.39. The van der Waals surface area contributed by atoms with E-state index >= 15 is 0 Å². The first-order chi connectivity index (χ1) is 8.75. The summed E-state index contributed by atoms with van der Waals surface area (Å²) >= 11 is 0. The van der Waals surface area contributed by atoms with Gasteiger partial charge in [-0.2, -0.15) is 0 Å². The Morgan fingerprint density at radius 2 is 2.05 bits per heavy atom. The Kier molecular flexibility index (Phi) is 7.21. The van der Waals surface area contributed by atoms with Crippen molar-refractivity contribution in [1.29, 1.82) is 0 Å². The lowest BCUT2D eigenvalue weighted by molar-refractivity contribution is 0.217. The Balaban J connectivity index is 0.00000180. The molecule has 1 aromatic rings. The average Bonchev–Trinajstić information content (AvgIpc) is 2.62. The fraction of sp³-hybridized carbons (Fsp3) is 0.600. The molecule has 2 rings (SSSR count). The molecule has 1 N–H and O–H groups in total. The number of hydrogen-bond acceptors (Lipinski definition) is 3. The van der Waals surface area contributed by atoms with Crippen LogP contribution in [0.1, 0.15) is 17.5 Å². The summed E-state index contributed by atoms with van der Waals surface area (Å²) in [4.78, 5) is 2.48. The lowest BCUT2D eigenvalue weighted by atomic mass is 10.1. The van der Waals surface area contributed by atoms with Crippen molar-refractivity contribution in [2.75, 3.05) is 39.3 Å². The summed E-state index contributed by atoms with van der Waals surface area (Å²) in [7, 11) is 0. The standard InChI is InChI=1S/C15H24N2O.ClH/c1-13-4-5-14(2)15(12-13)18-11-10-17-8-3-6-16-7-9-17;/h4-5,12,16H,3,6-11H2,1-2H3;1H. The molecule has 3 nitrogen and oxygen atoms in total. The average molecular weight is 285 g/mol. The van der Waals surface area contributed by atoms with Gasteiger partial charge in [0.25, 0.3) is 0 Å².